The molecular weight excluding hydrogens is 278 g/mol. The van der Waals surface area contributed by atoms with Crippen molar-refractivity contribution in [3.05, 3.63) is 47.8 Å². The normalized spacial score (nSPS) is 21.1. The van der Waals surface area contributed by atoms with Crippen LogP contribution in [0.2, 0.25) is 0 Å². The number of carbonyl (C=O) groups is 1. The fraction of sp³-hybridized carbons (Fsp3) is 0.412. The molecule has 1 aromatic heterocycles. The standard InChI is InChI=1S/C17H21N3O2/c1-12-8-9-13(2)20(12)17(21)16-10-14(18-19-16)11-22-15-6-4-3-5-7-15/h3-7,10,12-13H,8-9,11H2,1-2H3,(H,18,19)/t12-,13-/m1/s1. The van der Waals surface area contributed by atoms with E-state index in [2.05, 4.69) is 24.0 Å². The van der Waals surface area contributed by atoms with Crippen LogP contribution in [0.4, 0.5) is 0 Å². The zero-order valence-corrected chi connectivity index (χ0v) is 13.0. The Bertz CT molecular complexity index is 628. The van der Waals surface area contributed by atoms with E-state index in [0.29, 0.717) is 12.3 Å². The first-order valence-corrected chi connectivity index (χ1v) is 7.70. The predicted octanol–water partition coefficient (Wildman–Crippen LogP) is 3.00. The summed E-state index contributed by atoms with van der Waals surface area (Å²) in [7, 11) is 0. The highest BCUT2D eigenvalue weighted by Gasteiger charge is 2.32. The number of aromatic nitrogens is 2. The summed E-state index contributed by atoms with van der Waals surface area (Å²) in [5.41, 5.74) is 1.26. The highest BCUT2D eigenvalue weighted by molar-refractivity contribution is 5.93. The Kier molecular flexibility index (Phi) is 4.13. The summed E-state index contributed by atoms with van der Waals surface area (Å²) >= 11 is 0. The fourth-order valence-electron chi connectivity index (χ4n) is 2.95. The topological polar surface area (TPSA) is 58.2 Å². The summed E-state index contributed by atoms with van der Waals surface area (Å²) in [6.07, 6.45) is 2.11. The quantitative estimate of drug-likeness (QED) is 0.944. The van der Waals surface area contributed by atoms with Crippen LogP contribution in [-0.2, 0) is 6.61 Å². The van der Waals surface area contributed by atoms with Gasteiger partial charge in [0.1, 0.15) is 12.4 Å². The molecule has 5 heteroatoms. The van der Waals surface area contributed by atoms with Crippen LogP contribution >= 0.6 is 0 Å². The van der Waals surface area contributed by atoms with Gasteiger partial charge < -0.3 is 9.64 Å². The van der Waals surface area contributed by atoms with Crippen LogP contribution < -0.4 is 4.74 Å². The molecule has 0 radical (unpaired) electrons. The van der Waals surface area contributed by atoms with Crippen molar-refractivity contribution in [1.82, 2.24) is 15.1 Å². The van der Waals surface area contributed by atoms with Crippen molar-refractivity contribution in [2.45, 2.75) is 45.4 Å². The molecule has 0 saturated carbocycles. The van der Waals surface area contributed by atoms with Gasteiger partial charge in [-0.05, 0) is 44.9 Å². The van der Waals surface area contributed by atoms with E-state index in [1.807, 2.05) is 35.2 Å². The number of carbonyl (C=O) groups excluding carboxylic acids is 1. The number of hydrogen-bond donors (Lipinski definition) is 1. The van der Waals surface area contributed by atoms with Crippen LogP contribution in [0.25, 0.3) is 0 Å². The van der Waals surface area contributed by atoms with Crippen molar-refractivity contribution < 1.29 is 9.53 Å². The van der Waals surface area contributed by atoms with Crippen LogP contribution in [0.1, 0.15) is 42.9 Å². The molecule has 1 aromatic carbocycles. The van der Waals surface area contributed by atoms with E-state index in [1.54, 1.807) is 6.07 Å². The number of aromatic amines is 1. The maximum Gasteiger partial charge on any atom is 0.274 e. The molecule has 3 rings (SSSR count). The van der Waals surface area contributed by atoms with Gasteiger partial charge in [0.25, 0.3) is 5.91 Å². The van der Waals surface area contributed by atoms with E-state index >= 15 is 0 Å². The van der Waals surface area contributed by atoms with Gasteiger partial charge in [0, 0.05) is 12.1 Å². The molecule has 1 fully saturated rings. The van der Waals surface area contributed by atoms with E-state index in [0.717, 1.165) is 24.3 Å². The van der Waals surface area contributed by atoms with E-state index in [4.69, 9.17) is 4.74 Å². The molecule has 2 atom stereocenters. The van der Waals surface area contributed by atoms with Gasteiger partial charge in [-0.1, -0.05) is 18.2 Å². The lowest BCUT2D eigenvalue weighted by Gasteiger charge is -2.25. The van der Waals surface area contributed by atoms with Crippen molar-refractivity contribution in [2.24, 2.45) is 0 Å². The number of benzene rings is 1. The fourth-order valence-corrected chi connectivity index (χ4v) is 2.95. The average Bonchev–Trinajstić information content (AvgIpc) is 3.13. The number of nitrogens with zero attached hydrogens (tertiary/aromatic N) is 2. The highest BCUT2D eigenvalue weighted by Crippen LogP contribution is 2.25. The average molecular weight is 299 g/mol. The second kappa shape index (κ2) is 6.22. The van der Waals surface area contributed by atoms with Crippen molar-refractivity contribution in [2.75, 3.05) is 0 Å². The predicted molar refractivity (Wildman–Crippen MR) is 83.7 cm³/mol. The van der Waals surface area contributed by atoms with Gasteiger partial charge in [0.15, 0.2) is 5.69 Å². The van der Waals surface area contributed by atoms with Crippen molar-refractivity contribution >= 4 is 5.91 Å². The second-order valence-corrected chi connectivity index (χ2v) is 5.87. The Labute approximate surface area is 130 Å². The van der Waals surface area contributed by atoms with Crippen molar-refractivity contribution in [3.63, 3.8) is 0 Å². The molecule has 1 aliphatic heterocycles. The molecule has 0 aliphatic carbocycles. The van der Waals surface area contributed by atoms with Crippen molar-refractivity contribution in [1.29, 1.82) is 0 Å². The minimum atomic E-state index is -0.000267. The SMILES string of the molecule is C[C@@H]1CC[C@@H](C)N1C(=O)c1cc(COc2ccccc2)[nH]n1. The minimum Gasteiger partial charge on any atom is -0.487 e. The molecule has 116 valence electrons. The second-order valence-electron chi connectivity index (χ2n) is 5.87. The number of para-hydroxylation sites is 1. The number of hydrogen-bond acceptors (Lipinski definition) is 3. The van der Waals surface area contributed by atoms with E-state index in [9.17, 15) is 4.79 Å². The molecule has 0 unspecified atom stereocenters. The van der Waals surface area contributed by atoms with Gasteiger partial charge in [0.05, 0.1) is 5.69 Å². The first-order valence-electron chi connectivity index (χ1n) is 7.70. The number of ether oxygens (including phenoxy) is 1. The van der Waals surface area contributed by atoms with Gasteiger partial charge in [-0.2, -0.15) is 5.10 Å². The summed E-state index contributed by atoms with van der Waals surface area (Å²) in [6.45, 7) is 4.55. The number of H-pyrrole nitrogens is 1. The maximum absolute atomic E-state index is 12.6. The third-order valence-electron chi connectivity index (χ3n) is 4.17. The maximum atomic E-state index is 12.6. The number of rotatable bonds is 4. The Hall–Kier alpha value is -2.30. The van der Waals surface area contributed by atoms with E-state index in [1.165, 1.54) is 0 Å². The third-order valence-corrected chi connectivity index (χ3v) is 4.17. The largest absolute Gasteiger partial charge is 0.487 e. The molecule has 1 aliphatic rings. The first kappa shape index (κ1) is 14.6. The van der Waals surface area contributed by atoms with Gasteiger partial charge in [0.2, 0.25) is 0 Å². The lowest BCUT2D eigenvalue weighted by Crippen LogP contribution is -2.38. The molecule has 0 bridgehead atoms. The van der Waals surface area contributed by atoms with Crippen molar-refractivity contribution in [3.8, 4) is 5.75 Å². The molecule has 0 spiro atoms. The van der Waals surface area contributed by atoms with Crippen LogP contribution in [0.3, 0.4) is 0 Å². The Morgan fingerprint density at radius 2 is 1.95 bits per heavy atom. The Morgan fingerprint density at radius 1 is 1.27 bits per heavy atom. The van der Waals surface area contributed by atoms with Crippen LogP contribution in [-0.4, -0.2) is 33.1 Å². The monoisotopic (exact) mass is 299 g/mol. The van der Waals surface area contributed by atoms with Gasteiger partial charge >= 0.3 is 0 Å². The smallest absolute Gasteiger partial charge is 0.274 e. The van der Waals surface area contributed by atoms with Gasteiger partial charge in [-0.3, -0.25) is 9.89 Å². The summed E-state index contributed by atoms with van der Waals surface area (Å²) in [5, 5.41) is 7.03. The molecule has 2 heterocycles. The third kappa shape index (κ3) is 2.98. The lowest BCUT2D eigenvalue weighted by molar-refractivity contribution is 0.0686. The zero-order valence-electron chi connectivity index (χ0n) is 13.0. The summed E-state index contributed by atoms with van der Waals surface area (Å²) in [5.74, 6) is 0.798. The summed E-state index contributed by atoms with van der Waals surface area (Å²) < 4.78 is 5.66. The molecule has 5 nitrogen and oxygen atoms in total. The van der Waals surface area contributed by atoms with Crippen LogP contribution in [0.15, 0.2) is 36.4 Å². The number of nitrogens with one attached hydrogen (secondary N) is 1. The Balaban J connectivity index is 1.65. The zero-order chi connectivity index (χ0) is 15.5. The molecular formula is C17H21N3O2. The number of likely N-dealkylation sites (tertiary alicyclic amines) is 1. The van der Waals surface area contributed by atoms with Crippen LogP contribution in [0, 0.1) is 0 Å². The lowest BCUT2D eigenvalue weighted by atomic mass is 10.2. The van der Waals surface area contributed by atoms with Gasteiger partial charge in [-0.25, -0.2) is 0 Å². The minimum absolute atomic E-state index is 0.000267. The molecule has 1 N–H and O–H groups in total. The first-order chi connectivity index (χ1) is 10.6. The highest BCUT2D eigenvalue weighted by atomic mass is 16.5. The molecule has 1 amide bonds. The Morgan fingerprint density at radius 3 is 2.64 bits per heavy atom. The van der Waals surface area contributed by atoms with Crippen LogP contribution in [0.5, 0.6) is 5.75 Å². The van der Waals surface area contributed by atoms with Gasteiger partial charge in [-0.15, -0.1) is 0 Å². The summed E-state index contributed by atoms with van der Waals surface area (Å²) in [4.78, 5) is 14.5. The summed E-state index contributed by atoms with van der Waals surface area (Å²) in [6, 6.07) is 11.9. The molecule has 1 saturated heterocycles. The number of amides is 1. The van der Waals surface area contributed by atoms with E-state index < -0.39 is 0 Å². The molecule has 22 heavy (non-hydrogen) atoms. The molecule has 2 aromatic rings. The van der Waals surface area contributed by atoms with E-state index in [-0.39, 0.29) is 18.0 Å².